The zero-order valence-electron chi connectivity index (χ0n) is 17.5. The minimum atomic E-state index is 0.369. The molecule has 5 heteroatoms. The SMILES string of the molecule is C=C/C(C)=C\C(=C\N=C)C(=NC1CCN(SC)CC1)N(C)C1CCCC1C. The second-order valence-corrected chi connectivity index (χ2v) is 8.62. The highest BCUT2D eigenvalue weighted by Crippen LogP contribution is 2.30. The Balaban J connectivity index is 2.34. The van der Waals surface area contributed by atoms with Gasteiger partial charge in [0.15, 0.2) is 0 Å². The number of nitrogens with zero attached hydrogens (tertiary/aromatic N) is 4. The van der Waals surface area contributed by atoms with Crippen LogP contribution in [0.2, 0.25) is 0 Å². The third-order valence-electron chi connectivity index (χ3n) is 5.83. The van der Waals surface area contributed by atoms with Crippen molar-refractivity contribution in [3.8, 4) is 0 Å². The molecule has 1 saturated heterocycles. The third-order valence-corrected chi connectivity index (χ3v) is 6.71. The Morgan fingerprint density at radius 2 is 1.93 bits per heavy atom. The quantitative estimate of drug-likeness (QED) is 0.267. The lowest BCUT2D eigenvalue weighted by Gasteiger charge is -2.34. The number of amidine groups is 1. The molecular weight excluding hydrogens is 352 g/mol. The van der Waals surface area contributed by atoms with Crippen molar-refractivity contribution in [3.63, 3.8) is 0 Å². The molecule has 2 unspecified atom stereocenters. The number of allylic oxidation sites excluding steroid dienone is 2. The summed E-state index contributed by atoms with van der Waals surface area (Å²) in [6.07, 6.45) is 14.1. The zero-order chi connectivity index (χ0) is 19.8. The average molecular weight is 389 g/mol. The van der Waals surface area contributed by atoms with Crippen LogP contribution in [0.1, 0.15) is 46.0 Å². The molecule has 1 heterocycles. The van der Waals surface area contributed by atoms with Crippen LogP contribution in [0.5, 0.6) is 0 Å². The van der Waals surface area contributed by atoms with E-state index in [0.717, 1.165) is 42.9 Å². The summed E-state index contributed by atoms with van der Waals surface area (Å²) in [6, 6.07) is 0.911. The molecule has 0 radical (unpaired) electrons. The number of hydrogen-bond donors (Lipinski definition) is 0. The first kappa shape index (κ1) is 22.0. The molecule has 4 nitrogen and oxygen atoms in total. The number of aliphatic imine (C=N–C) groups is 2. The van der Waals surface area contributed by atoms with Gasteiger partial charge in [0.25, 0.3) is 0 Å². The molecule has 2 atom stereocenters. The summed E-state index contributed by atoms with van der Waals surface area (Å²) < 4.78 is 2.43. The van der Waals surface area contributed by atoms with E-state index in [1.54, 1.807) is 0 Å². The van der Waals surface area contributed by atoms with Gasteiger partial charge in [-0.3, -0.25) is 14.3 Å². The van der Waals surface area contributed by atoms with E-state index in [0.29, 0.717) is 18.0 Å². The first-order valence-corrected chi connectivity index (χ1v) is 11.2. The molecule has 1 aliphatic carbocycles. The fraction of sp³-hybridized carbons (Fsp3) is 0.636. The van der Waals surface area contributed by atoms with Gasteiger partial charge in [-0.05, 0) is 57.6 Å². The molecular formula is C22H36N4S. The van der Waals surface area contributed by atoms with E-state index >= 15 is 0 Å². The number of likely N-dealkylation sites (N-methyl/N-ethyl adjacent to an activating group) is 1. The minimum absolute atomic E-state index is 0.369. The number of piperidine rings is 1. The highest BCUT2D eigenvalue weighted by Gasteiger charge is 2.30. The van der Waals surface area contributed by atoms with Gasteiger partial charge in [-0.25, -0.2) is 0 Å². The van der Waals surface area contributed by atoms with Gasteiger partial charge in [0, 0.05) is 38.0 Å². The first-order chi connectivity index (χ1) is 13.0. The Hall–Kier alpha value is -1.33. The second-order valence-electron chi connectivity index (χ2n) is 7.74. The Morgan fingerprint density at radius 3 is 2.44 bits per heavy atom. The molecule has 2 aliphatic rings. The molecule has 1 saturated carbocycles. The lowest BCUT2D eigenvalue weighted by atomic mass is 10.0. The Morgan fingerprint density at radius 1 is 1.22 bits per heavy atom. The predicted molar refractivity (Wildman–Crippen MR) is 122 cm³/mol. The van der Waals surface area contributed by atoms with Crippen LogP contribution in [-0.4, -0.2) is 60.2 Å². The van der Waals surface area contributed by atoms with Crippen LogP contribution >= 0.6 is 11.9 Å². The van der Waals surface area contributed by atoms with Crippen LogP contribution in [0.3, 0.4) is 0 Å². The smallest absolute Gasteiger partial charge is 0.132 e. The standard InChI is InChI=1S/C22H36N4S/c1-7-17(2)15-19(16-23-4)22(25(5)21-10-8-9-18(21)3)24-20-11-13-26(27-6)14-12-20/h7,15-16,18,20-21H,1,4,8-14H2,2-3,5-6H3/b17-15-,19-16-,24-22?. The van der Waals surface area contributed by atoms with Gasteiger partial charge >= 0.3 is 0 Å². The van der Waals surface area contributed by atoms with Crippen molar-refractivity contribution in [1.29, 1.82) is 0 Å². The van der Waals surface area contributed by atoms with Crippen LogP contribution in [-0.2, 0) is 0 Å². The molecule has 2 rings (SSSR count). The van der Waals surface area contributed by atoms with Gasteiger partial charge in [-0.2, -0.15) is 0 Å². The maximum Gasteiger partial charge on any atom is 0.132 e. The van der Waals surface area contributed by atoms with Gasteiger partial charge < -0.3 is 4.90 Å². The third kappa shape index (κ3) is 6.08. The molecule has 150 valence electrons. The molecule has 0 aromatic heterocycles. The summed E-state index contributed by atoms with van der Waals surface area (Å²) in [6.45, 7) is 14.2. The average Bonchev–Trinajstić information content (AvgIpc) is 3.11. The maximum absolute atomic E-state index is 5.26. The van der Waals surface area contributed by atoms with E-state index in [9.17, 15) is 0 Å². The Labute approximate surface area is 170 Å². The zero-order valence-corrected chi connectivity index (χ0v) is 18.3. The lowest BCUT2D eigenvalue weighted by Crippen LogP contribution is -2.41. The lowest BCUT2D eigenvalue weighted by molar-refractivity contribution is 0.301. The van der Waals surface area contributed by atoms with Crippen molar-refractivity contribution in [2.24, 2.45) is 15.9 Å². The Bertz CT molecular complexity index is 599. The minimum Gasteiger partial charge on any atom is -0.356 e. The van der Waals surface area contributed by atoms with Crippen LogP contribution in [0.15, 0.2) is 46.1 Å². The molecule has 2 fully saturated rings. The fourth-order valence-electron chi connectivity index (χ4n) is 4.12. The van der Waals surface area contributed by atoms with Gasteiger partial charge in [0.2, 0.25) is 0 Å². The molecule has 0 spiro atoms. The highest BCUT2D eigenvalue weighted by molar-refractivity contribution is 7.96. The molecule has 27 heavy (non-hydrogen) atoms. The van der Waals surface area contributed by atoms with Gasteiger partial charge in [0.1, 0.15) is 5.84 Å². The summed E-state index contributed by atoms with van der Waals surface area (Å²) in [5, 5.41) is 0. The summed E-state index contributed by atoms with van der Waals surface area (Å²) in [7, 11) is 2.20. The van der Waals surface area contributed by atoms with Gasteiger partial charge in [-0.1, -0.05) is 43.5 Å². The molecule has 1 aliphatic heterocycles. The summed E-state index contributed by atoms with van der Waals surface area (Å²) >= 11 is 1.84. The van der Waals surface area contributed by atoms with Crippen LogP contribution in [0, 0.1) is 5.92 Å². The van der Waals surface area contributed by atoms with Crippen molar-refractivity contribution >= 4 is 24.5 Å². The predicted octanol–water partition coefficient (Wildman–Crippen LogP) is 4.96. The van der Waals surface area contributed by atoms with Crippen molar-refractivity contribution in [2.75, 3.05) is 26.4 Å². The van der Waals surface area contributed by atoms with Gasteiger partial charge in [-0.15, -0.1) is 0 Å². The molecule has 0 aromatic carbocycles. The topological polar surface area (TPSA) is 31.2 Å². The Kier molecular flexibility index (Phi) is 8.84. The van der Waals surface area contributed by atoms with E-state index in [1.165, 1.54) is 19.3 Å². The second kappa shape index (κ2) is 10.9. The van der Waals surface area contributed by atoms with Gasteiger partial charge in [0.05, 0.1) is 6.04 Å². The highest BCUT2D eigenvalue weighted by atomic mass is 32.2. The molecule has 0 N–H and O–H groups in total. The molecule has 0 aromatic rings. The van der Waals surface area contributed by atoms with Crippen LogP contribution in [0.4, 0.5) is 0 Å². The summed E-state index contributed by atoms with van der Waals surface area (Å²) in [5.74, 6) is 1.76. The molecule has 0 bridgehead atoms. The number of hydrogen-bond acceptors (Lipinski definition) is 4. The van der Waals surface area contributed by atoms with Crippen molar-refractivity contribution in [3.05, 3.63) is 36.1 Å². The maximum atomic E-state index is 5.26. The fourth-order valence-corrected chi connectivity index (χ4v) is 4.69. The van der Waals surface area contributed by atoms with E-state index in [2.05, 4.69) is 60.7 Å². The largest absolute Gasteiger partial charge is 0.356 e. The van der Waals surface area contributed by atoms with Crippen molar-refractivity contribution < 1.29 is 0 Å². The van der Waals surface area contributed by atoms with Crippen LogP contribution < -0.4 is 0 Å². The first-order valence-electron chi connectivity index (χ1n) is 10.1. The summed E-state index contributed by atoms with van der Waals surface area (Å²) in [4.78, 5) is 11.7. The normalized spacial score (nSPS) is 26.3. The molecule has 0 amide bonds. The van der Waals surface area contributed by atoms with E-state index in [1.807, 2.05) is 24.2 Å². The van der Waals surface area contributed by atoms with Crippen molar-refractivity contribution in [1.82, 2.24) is 9.21 Å². The monoisotopic (exact) mass is 388 g/mol. The van der Waals surface area contributed by atoms with E-state index in [4.69, 9.17) is 4.99 Å². The summed E-state index contributed by atoms with van der Waals surface area (Å²) in [5.41, 5.74) is 2.15. The van der Waals surface area contributed by atoms with E-state index in [-0.39, 0.29) is 0 Å². The van der Waals surface area contributed by atoms with Crippen molar-refractivity contribution in [2.45, 2.75) is 58.0 Å². The van der Waals surface area contributed by atoms with E-state index < -0.39 is 0 Å². The number of rotatable bonds is 7. The van der Waals surface area contributed by atoms with Crippen LogP contribution in [0.25, 0.3) is 0 Å².